The molecule has 8 nitrogen and oxygen atoms in total. The van der Waals surface area contributed by atoms with E-state index in [0.29, 0.717) is 0 Å². The van der Waals surface area contributed by atoms with Gasteiger partial charge in [-0.05, 0) is 36.7 Å². The van der Waals surface area contributed by atoms with E-state index in [-0.39, 0.29) is 11.1 Å². The molecular formula is C27H25N3O5S. The monoisotopic (exact) mass is 503 g/mol. The molecule has 1 aliphatic heterocycles. The summed E-state index contributed by atoms with van der Waals surface area (Å²) < 4.78 is 12.0. The van der Waals surface area contributed by atoms with Crippen LogP contribution in [0.15, 0.2) is 94.9 Å². The summed E-state index contributed by atoms with van der Waals surface area (Å²) in [5.41, 5.74) is 7.15. The Morgan fingerprint density at radius 1 is 1.03 bits per heavy atom. The Balaban J connectivity index is 1.79. The second-order valence-electron chi connectivity index (χ2n) is 8.52. The lowest BCUT2D eigenvalue weighted by Gasteiger charge is -2.32. The molecule has 0 saturated carbocycles. The third-order valence-corrected chi connectivity index (χ3v) is 7.22. The average Bonchev–Trinajstić information content (AvgIpc) is 3.18. The first-order chi connectivity index (χ1) is 17.3. The van der Waals surface area contributed by atoms with Crippen LogP contribution in [-0.2, 0) is 9.47 Å². The van der Waals surface area contributed by atoms with E-state index in [1.807, 2.05) is 31.2 Å². The van der Waals surface area contributed by atoms with Crippen molar-refractivity contribution in [1.29, 1.82) is 0 Å². The van der Waals surface area contributed by atoms with Crippen LogP contribution in [-0.4, -0.2) is 46.1 Å². The van der Waals surface area contributed by atoms with Gasteiger partial charge in [0, 0.05) is 15.4 Å². The Labute approximate surface area is 212 Å². The molecule has 0 radical (unpaired) electrons. The number of aryl methyl sites for hydroxylation is 1. The lowest BCUT2D eigenvalue weighted by atomic mass is 9.86. The van der Waals surface area contributed by atoms with E-state index in [2.05, 4.69) is 10.0 Å². The van der Waals surface area contributed by atoms with Gasteiger partial charge in [0.2, 0.25) is 11.4 Å². The van der Waals surface area contributed by atoms with Crippen LogP contribution in [0.2, 0.25) is 0 Å². The number of ether oxygens (including phenoxy) is 2. The number of nitrogens with zero attached hydrogens (tertiary/aromatic N) is 3. The molecule has 0 aromatic heterocycles. The molecule has 1 saturated heterocycles. The number of ketones is 1. The van der Waals surface area contributed by atoms with Crippen molar-refractivity contribution in [2.45, 2.75) is 48.0 Å². The molecule has 4 rings (SSSR count). The summed E-state index contributed by atoms with van der Waals surface area (Å²) in [5, 5.41) is 15.8. The minimum Gasteiger partial charge on any atom is -0.452 e. The number of hydrogen-bond donors (Lipinski definition) is 1. The second kappa shape index (κ2) is 11.0. The molecule has 1 N–H and O–H groups in total. The molecule has 9 heteroatoms. The van der Waals surface area contributed by atoms with Crippen molar-refractivity contribution in [1.82, 2.24) is 0 Å². The third kappa shape index (κ3) is 5.15. The summed E-state index contributed by atoms with van der Waals surface area (Å²) in [5.74, 6) is -1.39. The van der Waals surface area contributed by atoms with Crippen LogP contribution in [0.3, 0.4) is 0 Å². The highest BCUT2D eigenvalue weighted by Crippen LogP contribution is 2.45. The maximum atomic E-state index is 13.8. The van der Waals surface area contributed by atoms with Gasteiger partial charge in [-0.25, -0.2) is 4.79 Å². The SMILES string of the molecule is Cc1ccc(S[C@@H]2O[C@H]([C@H](C)N=[N+]=[N-])[C@@H](OC(=O)c3ccccc3)[C@]2(O)C(=O)c2ccccc2)cc1. The molecule has 0 unspecified atom stereocenters. The van der Waals surface area contributed by atoms with Crippen LogP contribution in [0.25, 0.3) is 10.4 Å². The standard InChI is InChI=1S/C27H25N3O5S/c1-17-13-15-21(16-14-17)36-26-27(33,23(31)19-9-5-3-6-10-19)24(22(34-26)18(2)29-30-28)35-25(32)20-11-7-4-8-12-20/h3-16,18,22,24,26,33H,1-2H3/t18-,22+,24+,26-,27+/m0/s1. The zero-order chi connectivity index (χ0) is 25.7. The molecule has 0 aliphatic carbocycles. The lowest BCUT2D eigenvalue weighted by Crippen LogP contribution is -2.56. The molecule has 5 atom stereocenters. The van der Waals surface area contributed by atoms with Gasteiger partial charge in [-0.1, -0.05) is 90.0 Å². The minimum absolute atomic E-state index is 0.232. The number of Topliss-reactive ketones (excluding diaryl/α,β-unsaturated/α-hetero) is 1. The summed E-state index contributed by atoms with van der Waals surface area (Å²) in [7, 11) is 0. The van der Waals surface area contributed by atoms with Crippen LogP contribution in [0.5, 0.6) is 0 Å². The predicted octanol–water partition coefficient (Wildman–Crippen LogP) is 5.35. The molecule has 184 valence electrons. The summed E-state index contributed by atoms with van der Waals surface area (Å²) in [6, 6.07) is 23.2. The molecule has 3 aromatic carbocycles. The van der Waals surface area contributed by atoms with Gasteiger partial charge >= 0.3 is 5.97 Å². The molecule has 3 aromatic rings. The number of thioether (sulfide) groups is 1. The quantitative estimate of drug-likeness (QED) is 0.145. The molecule has 36 heavy (non-hydrogen) atoms. The van der Waals surface area contributed by atoms with Crippen LogP contribution in [0, 0.1) is 6.92 Å². The van der Waals surface area contributed by atoms with E-state index >= 15 is 0 Å². The number of aliphatic hydroxyl groups is 1. The normalized spacial score (nSPS) is 23.9. The molecule has 0 spiro atoms. The smallest absolute Gasteiger partial charge is 0.338 e. The number of carbonyl (C=O) groups excluding carboxylic acids is 2. The van der Waals surface area contributed by atoms with Gasteiger partial charge < -0.3 is 14.6 Å². The van der Waals surface area contributed by atoms with E-state index in [4.69, 9.17) is 15.0 Å². The van der Waals surface area contributed by atoms with E-state index in [9.17, 15) is 14.7 Å². The van der Waals surface area contributed by atoms with Crippen LogP contribution in [0.4, 0.5) is 0 Å². The number of azide groups is 1. The first-order valence-electron chi connectivity index (χ1n) is 11.4. The van der Waals surface area contributed by atoms with E-state index in [1.54, 1.807) is 67.6 Å². The first kappa shape index (κ1) is 25.5. The first-order valence-corrected chi connectivity index (χ1v) is 12.2. The van der Waals surface area contributed by atoms with Crippen molar-refractivity contribution < 1.29 is 24.2 Å². The van der Waals surface area contributed by atoms with Crippen LogP contribution in [0.1, 0.15) is 33.2 Å². The largest absolute Gasteiger partial charge is 0.452 e. The molecule has 0 amide bonds. The van der Waals surface area contributed by atoms with Gasteiger partial charge in [0.25, 0.3) is 0 Å². The van der Waals surface area contributed by atoms with Gasteiger partial charge in [-0.2, -0.15) is 0 Å². The van der Waals surface area contributed by atoms with Crippen molar-refractivity contribution in [3.05, 3.63) is 112 Å². The van der Waals surface area contributed by atoms with Crippen LogP contribution < -0.4 is 0 Å². The summed E-state index contributed by atoms with van der Waals surface area (Å²) in [4.78, 5) is 30.5. The number of rotatable bonds is 8. The van der Waals surface area contributed by atoms with Gasteiger partial charge in [0.15, 0.2) is 6.10 Å². The fourth-order valence-corrected chi connectivity index (χ4v) is 5.19. The van der Waals surface area contributed by atoms with Crippen molar-refractivity contribution in [2.75, 3.05) is 0 Å². The summed E-state index contributed by atoms with van der Waals surface area (Å²) >= 11 is 1.14. The second-order valence-corrected chi connectivity index (χ2v) is 9.66. The molecule has 1 fully saturated rings. The van der Waals surface area contributed by atoms with E-state index in [0.717, 1.165) is 22.2 Å². The Morgan fingerprint density at radius 3 is 2.19 bits per heavy atom. The van der Waals surface area contributed by atoms with Crippen LogP contribution >= 0.6 is 11.8 Å². The highest BCUT2D eigenvalue weighted by molar-refractivity contribution is 8.00. The topological polar surface area (TPSA) is 122 Å². The Morgan fingerprint density at radius 2 is 1.61 bits per heavy atom. The highest BCUT2D eigenvalue weighted by atomic mass is 32.2. The highest BCUT2D eigenvalue weighted by Gasteiger charge is 2.64. The molecule has 1 aliphatic rings. The summed E-state index contributed by atoms with van der Waals surface area (Å²) in [6.07, 6.45) is -2.52. The van der Waals surface area contributed by atoms with E-state index < -0.39 is 41.0 Å². The number of hydrogen-bond acceptors (Lipinski definition) is 7. The maximum absolute atomic E-state index is 13.8. The fourth-order valence-electron chi connectivity index (χ4n) is 4.05. The molecule has 1 heterocycles. The zero-order valence-corrected chi connectivity index (χ0v) is 20.5. The van der Waals surface area contributed by atoms with Crippen molar-refractivity contribution in [3.63, 3.8) is 0 Å². The predicted molar refractivity (Wildman–Crippen MR) is 136 cm³/mol. The van der Waals surface area contributed by atoms with Gasteiger partial charge in [0.1, 0.15) is 11.5 Å². The van der Waals surface area contributed by atoms with Gasteiger partial charge in [-0.15, -0.1) is 0 Å². The molecule has 0 bridgehead atoms. The number of carbonyl (C=O) groups is 2. The van der Waals surface area contributed by atoms with Crippen molar-refractivity contribution in [2.24, 2.45) is 5.11 Å². The number of benzene rings is 3. The lowest BCUT2D eigenvalue weighted by molar-refractivity contribution is -0.0523. The van der Waals surface area contributed by atoms with Gasteiger partial charge in [-0.3, -0.25) is 4.79 Å². The Bertz CT molecular complexity index is 1270. The molecular weight excluding hydrogens is 478 g/mol. The minimum atomic E-state index is -2.27. The van der Waals surface area contributed by atoms with E-state index in [1.165, 1.54) is 0 Å². The fraction of sp³-hybridized carbons (Fsp3) is 0.259. The van der Waals surface area contributed by atoms with Gasteiger partial charge in [0.05, 0.1) is 11.6 Å². The Kier molecular flexibility index (Phi) is 7.76. The van der Waals surface area contributed by atoms with Crippen molar-refractivity contribution in [3.8, 4) is 0 Å². The Hall–Kier alpha value is -3.62. The maximum Gasteiger partial charge on any atom is 0.338 e. The zero-order valence-electron chi connectivity index (χ0n) is 19.7. The van der Waals surface area contributed by atoms with Crippen molar-refractivity contribution >= 4 is 23.5 Å². The summed E-state index contributed by atoms with van der Waals surface area (Å²) in [6.45, 7) is 3.53. The average molecular weight is 504 g/mol. The third-order valence-electron chi connectivity index (χ3n) is 5.99. The number of esters is 1.